The minimum absolute atomic E-state index is 0.102. The molecule has 1 atom stereocenters. The fourth-order valence-electron chi connectivity index (χ4n) is 4.07. The Morgan fingerprint density at radius 3 is 2.33 bits per heavy atom. The highest BCUT2D eigenvalue weighted by molar-refractivity contribution is 7.93. The fourth-order valence-corrected chi connectivity index (χ4v) is 6.56. The molecule has 0 amide bonds. The van der Waals surface area contributed by atoms with Gasteiger partial charge in [0, 0.05) is 21.9 Å². The van der Waals surface area contributed by atoms with Gasteiger partial charge in [-0.15, -0.1) is 16.4 Å². The van der Waals surface area contributed by atoms with E-state index in [0.717, 1.165) is 38.7 Å². The summed E-state index contributed by atoms with van der Waals surface area (Å²) in [5, 5.41) is 18.2. The van der Waals surface area contributed by atoms with Gasteiger partial charge in [-0.05, 0) is 35.1 Å². The predicted octanol–water partition coefficient (Wildman–Crippen LogP) is 5.89. The first-order valence-electron chi connectivity index (χ1n) is 11.3. The summed E-state index contributed by atoms with van der Waals surface area (Å²) in [4.78, 5) is 0. The van der Waals surface area contributed by atoms with Gasteiger partial charge in [-0.2, -0.15) is 13.2 Å². The molecule has 4 aromatic rings. The van der Waals surface area contributed by atoms with Gasteiger partial charge in [0.2, 0.25) is 5.60 Å². The molecule has 1 unspecified atom stereocenters. The number of thiophene rings is 1. The molecule has 36 heavy (non-hydrogen) atoms. The lowest BCUT2D eigenvalue weighted by Crippen LogP contribution is -2.42. The summed E-state index contributed by atoms with van der Waals surface area (Å²) in [5.74, 6) is 0.344. The maximum Gasteiger partial charge on any atom is 0.423 e. The molecule has 0 aliphatic rings. The van der Waals surface area contributed by atoms with Crippen LogP contribution in [0, 0.1) is 0 Å². The molecule has 0 aliphatic carbocycles. The number of alkyl halides is 3. The van der Waals surface area contributed by atoms with E-state index in [9.17, 15) is 26.7 Å². The molecule has 4 rings (SSSR count). The number of fused-ring (bicyclic) bond motifs is 1. The summed E-state index contributed by atoms with van der Waals surface area (Å²) in [6.07, 6.45) is -3.22. The summed E-state index contributed by atoms with van der Waals surface area (Å²) >= 11 is 1.16. The normalized spacial score (nSPS) is 14.5. The molecule has 0 saturated carbocycles. The largest absolute Gasteiger partial charge is 0.423 e. The van der Waals surface area contributed by atoms with Crippen LogP contribution in [0.25, 0.3) is 21.2 Å². The number of hydrogen-bond acceptors (Lipinski definition) is 6. The van der Waals surface area contributed by atoms with Crippen molar-refractivity contribution < 1.29 is 26.7 Å². The van der Waals surface area contributed by atoms with Gasteiger partial charge < -0.3 is 5.11 Å². The molecular formula is C25H26F3N3O3S2. The Kier molecular flexibility index (Phi) is 6.78. The van der Waals surface area contributed by atoms with Gasteiger partial charge in [0.1, 0.15) is 9.90 Å². The minimum atomic E-state index is -4.88. The van der Waals surface area contributed by atoms with Crippen LogP contribution >= 0.6 is 11.3 Å². The molecule has 0 radical (unpaired) electrons. The Hall–Kier alpha value is -2.76. The van der Waals surface area contributed by atoms with Crippen LogP contribution in [0.3, 0.4) is 0 Å². The standard InChI is InChI=1S/C25H26F3N3O3S2/c1-5-24(32,25(26,27)28)21-14-31(30-29-21)13-16-6-11-19-20(12-16)35-23(36(4,33)34)22(19)18-9-7-17(8-10-18)15(2)3/h6-12,14-15,32H,5,13H2,1-4H3. The van der Waals surface area contributed by atoms with Crippen LogP contribution in [0.5, 0.6) is 0 Å². The zero-order chi connectivity index (χ0) is 26.5. The lowest BCUT2D eigenvalue weighted by Gasteiger charge is -2.26. The van der Waals surface area contributed by atoms with Gasteiger partial charge in [-0.3, -0.25) is 0 Å². The summed E-state index contributed by atoms with van der Waals surface area (Å²) in [5.41, 5.74) is -0.358. The number of hydrogen-bond donors (Lipinski definition) is 1. The molecular weight excluding hydrogens is 511 g/mol. The second kappa shape index (κ2) is 9.28. The topological polar surface area (TPSA) is 85.1 Å². The van der Waals surface area contributed by atoms with Crippen LogP contribution in [-0.4, -0.2) is 41.0 Å². The Labute approximate surface area is 211 Å². The maximum atomic E-state index is 13.4. The third-order valence-electron chi connectivity index (χ3n) is 6.21. The van der Waals surface area contributed by atoms with Gasteiger partial charge in [-0.1, -0.05) is 62.4 Å². The van der Waals surface area contributed by atoms with Crippen LogP contribution in [0.1, 0.15) is 49.9 Å². The van der Waals surface area contributed by atoms with E-state index < -0.39 is 33.7 Å². The first-order chi connectivity index (χ1) is 16.7. The lowest BCUT2D eigenvalue weighted by molar-refractivity contribution is -0.269. The maximum absolute atomic E-state index is 13.4. The van der Waals surface area contributed by atoms with E-state index in [2.05, 4.69) is 24.2 Å². The van der Waals surface area contributed by atoms with Crippen molar-refractivity contribution in [3.63, 3.8) is 0 Å². The molecule has 1 N–H and O–H groups in total. The van der Waals surface area contributed by atoms with Crippen molar-refractivity contribution in [2.45, 2.75) is 55.6 Å². The monoisotopic (exact) mass is 537 g/mol. The van der Waals surface area contributed by atoms with E-state index in [4.69, 9.17) is 0 Å². The first kappa shape index (κ1) is 26.3. The number of aliphatic hydroxyl groups is 1. The van der Waals surface area contributed by atoms with Crippen LogP contribution in [0.4, 0.5) is 13.2 Å². The van der Waals surface area contributed by atoms with Crippen LogP contribution in [0.15, 0.2) is 52.9 Å². The predicted molar refractivity (Wildman–Crippen MR) is 134 cm³/mol. The SMILES string of the molecule is CCC(O)(c1cn(Cc2ccc3c(-c4ccc(C(C)C)cc4)c(S(C)(=O)=O)sc3c2)nn1)C(F)(F)F. The van der Waals surface area contributed by atoms with E-state index in [1.54, 1.807) is 12.1 Å². The Balaban J connectivity index is 1.73. The van der Waals surface area contributed by atoms with E-state index in [1.807, 2.05) is 30.3 Å². The second-order valence-electron chi connectivity index (χ2n) is 9.16. The average molecular weight is 538 g/mol. The van der Waals surface area contributed by atoms with Gasteiger partial charge in [-0.25, -0.2) is 13.1 Å². The molecule has 6 nitrogen and oxygen atoms in total. The summed E-state index contributed by atoms with van der Waals surface area (Å²) in [6, 6.07) is 13.2. The molecule has 192 valence electrons. The van der Waals surface area contributed by atoms with Crippen molar-refractivity contribution >= 4 is 31.3 Å². The highest BCUT2D eigenvalue weighted by Gasteiger charge is 2.55. The first-order valence-corrected chi connectivity index (χ1v) is 14.0. The van der Waals surface area contributed by atoms with E-state index in [1.165, 1.54) is 17.9 Å². The Morgan fingerprint density at radius 1 is 1.11 bits per heavy atom. The van der Waals surface area contributed by atoms with Gasteiger partial charge in [0.15, 0.2) is 9.84 Å². The summed E-state index contributed by atoms with van der Waals surface area (Å²) in [7, 11) is -3.51. The number of aromatic nitrogens is 3. The highest BCUT2D eigenvalue weighted by Crippen LogP contribution is 2.43. The lowest BCUT2D eigenvalue weighted by atomic mass is 9.96. The van der Waals surface area contributed by atoms with Gasteiger partial charge in [0.25, 0.3) is 0 Å². The van der Waals surface area contributed by atoms with E-state index >= 15 is 0 Å². The molecule has 0 spiro atoms. The zero-order valence-electron chi connectivity index (χ0n) is 20.2. The quantitative estimate of drug-likeness (QED) is 0.318. The van der Waals surface area contributed by atoms with E-state index in [-0.39, 0.29) is 10.8 Å². The molecule has 11 heteroatoms. The molecule has 2 aromatic carbocycles. The molecule has 2 heterocycles. The molecule has 0 saturated heterocycles. The number of halogens is 3. The van der Waals surface area contributed by atoms with Crippen LogP contribution < -0.4 is 0 Å². The van der Waals surface area contributed by atoms with Crippen molar-refractivity contribution in [2.24, 2.45) is 0 Å². The van der Waals surface area contributed by atoms with Crippen molar-refractivity contribution in [1.82, 2.24) is 15.0 Å². The number of nitrogens with zero attached hydrogens (tertiary/aromatic N) is 3. The summed E-state index contributed by atoms with van der Waals surface area (Å²) < 4.78 is 67.6. The molecule has 0 fully saturated rings. The van der Waals surface area contributed by atoms with Gasteiger partial charge >= 0.3 is 6.18 Å². The van der Waals surface area contributed by atoms with Crippen LogP contribution in [0.2, 0.25) is 0 Å². The Morgan fingerprint density at radius 2 is 1.78 bits per heavy atom. The third kappa shape index (κ3) is 4.79. The highest BCUT2D eigenvalue weighted by atomic mass is 32.2. The fraction of sp³-hybridized carbons (Fsp3) is 0.360. The Bertz CT molecular complexity index is 1510. The van der Waals surface area contributed by atoms with Crippen molar-refractivity contribution in [2.75, 3.05) is 6.26 Å². The average Bonchev–Trinajstić information content (AvgIpc) is 3.42. The smallest absolute Gasteiger partial charge is 0.375 e. The van der Waals surface area contributed by atoms with Crippen molar-refractivity contribution in [3.8, 4) is 11.1 Å². The van der Waals surface area contributed by atoms with Crippen LogP contribution in [-0.2, 0) is 22.0 Å². The number of sulfone groups is 1. The molecule has 2 aromatic heterocycles. The summed E-state index contributed by atoms with van der Waals surface area (Å²) in [6.45, 7) is 5.50. The number of rotatable bonds is 7. The van der Waals surface area contributed by atoms with Crippen molar-refractivity contribution in [3.05, 3.63) is 65.5 Å². The van der Waals surface area contributed by atoms with Crippen molar-refractivity contribution in [1.29, 1.82) is 0 Å². The second-order valence-corrected chi connectivity index (χ2v) is 12.4. The minimum Gasteiger partial charge on any atom is -0.375 e. The molecule has 0 aliphatic heterocycles. The van der Waals surface area contributed by atoms with E-state index in [0.29, 0.717) is 17.0 Å². The third-order valence-corrected chi connectivity index (χ3v) is 9.20. The van der Waals surface area contributed by atoms with Gasteiger partial charge in [0.05, 0.1) is 12.7 Å². The number of benzene rings is 2. The zero-order valence-corrected chi connectivity index (χ0v) is 21.8. The molecule has 0 bridgehead atoms.